The van der Waals surface area contributed by atoms with Crippen molar-refractivity contribution < 1.29 is 23.8 Å². The number of ether oxygens (including phenoxy) is 3. The summed E-state index contributed by atoms with van der Waals surface area (Å²) >= 11 is 0. The van der Waals surface area contributed by atoms with Gasteiger partial charge in [0.25, 0.3) is 0 Å². The molecule has 1 unspecified atom stereocenters. The summed E-state index contributed by atoms with van der Waals surface area (Å²) in [5.74, 6) is -0.510. The fraction of sp³-hybridized carbons (Fsp3) is 0.695. The van der Waals surface area contributed by atoms with Gasteiger partial charge in [0.2, 0.25) is 0 Å². The van der Waals surface area contributed by atoms with E-state index in [1.165, 1.54) is 122 Å². The van der Waals surface area contributed by atoms with E-state index in [0.717, 1.165) is 77.0 Å². The lowest BCUT2D eigenvalue weighted by molar-refractivity contribution is -0.162. The smallest absolute Gasteiger partial charge is 0.306 e. The second-order valence-corrected chi connectivity index (χ2v) is 17.4. The molecule has 64 heavy (non-hydrogen) atoms. The Morgan fingerprint density at radius 1 is 0.359 bits per heavy atom. The van der Waals surface area contributed by atoms with Crippen LogP contribution in [0.2, 0.25) is 0 Å². The molecule has 0 aliphatic heterocycles. The van der Waals surface area contributed by atoms with Gasteiger partial charge in [-0.3, -0.25) is 9.59 Å². The largest absolute Gasteiger partial charge is 0.462 e. The molecule has 0 bridgehead atoms. The minimum absolute atomic E-state index is 0.0431. The van der Waals surface area contributed by atoms with Crippen molar-refractivity contribution in [3.63, 3.8) is 0 Å². The number of allylic oxidation sites excluding steroid dienone is 16. The normalized spacial score (nSPS) is 13.0. The van der Waals surface area contributed by atoms with E-state index in [1.54, 1.807) is 0 Å². The first-order valence-electron chi connectivity index (χ1n) is 26.8. The zero-order chi connectivity index (χ0) is 46.3. The van der Waals surface area contributed by atoms with Gasteiger partial charge < -0.3 is 14.2 Å². The molecule has 0 fully saturated rings. The highest BCUT2D eigenvalue weighted by atomic mass is 16.6. The van der Waals surface area contributed by atoms with E-state index in [1.807, 2.05) is 6.08 Å². The summed E-state index contributed by atoms with van der Waals surface area (Å²) < 4.78 is 17.3. The highest BCUT2D eigenvalue weighted by Crippen LogP contribution is 2.13. The molecule has 0 aliphatic carbocycles. The Morgan fingerprint density at radius 3 is 1.23 bits per heavy atom. The third-order valence-electron chi connectivity index (χ3n) is 11.1. The summed E-state index contributed by atoms with van der Waals surface area (Å²) in [4.78, 5) is 25.4. The average Bonchev–Trinajstić information content (AvgIpc) is 3.30. The number of unbranched alkanes of at least 4 members (excludes halogenated alkanes) is 21. The number of hydrogen-bond donors (Lipinski definition) is 0. The summed E-state index contributed by atoms with van der Waals surface area (Å²) in [5, 5.41) is 0. The van der Waals surface area contributed by atoms with E-state index in [4.69, 9.17) is 14.2 Å². The second kappa shape index (κ2) is 54.2. The first kappa shape index (κ1) is 60.8. The fourth-order valence-electron chi connectivity index (χ4n) is 7.11. The molecule has 0 aromatic rings. The van der Waals surface area contributed by atoms with Crippen molar-refractivity contribution >= 4 is 11.9 Å². The summed E-state index contributed by atoms with van der Waals surface area (Å²) in [6.07, 6.45) is 72.9. The van der Waals surface area contributed by atoms with Crippen molar-refractivity contribution in [2.75, 3.05) is 19.8 Å². The monoisotopic (exact) mass is 889 g/mol. The predicted octanol–water partition coefficient (Wildman–Crippen LogP) is 18.2. The van der Waals surface area contributed by atoms with Crippen molar-refractivity contribution in [3.8, 4) is 0 Å². The Balaban J connectivity index is 4.37. The molecule has 366 valence electrons. The van der Waals surface area contributed by atoms with Crippen molar-refractivity contribution in [2.24, 2.45) is 0 Å². The van der Waals surface area contributed by atoms with Crippen LogP contribution in [-0.2, 0) is 23.8 Å². The summed E-state index contributed by atoms with van der Waals surface area (Å²) in [5.41, 5.74) is 0. The van der Waals surface area contributed by atoms with Gasteiger partial charge in [-0.05, 0) is 109 Å². The summed E-state index contributed by atoms with van der Waals surface area (Å²) in [6, 6.07) is 0. The van der Waals surface area contributed by atoms with E-state index < -0.39 is 6.10 Å². The highest BCUT2D eigenvalue weighted by molar-refractivity contribution is 5.70. The van der Waals surface area contributed by atoms with Crippen LogP contribution in [0.1, 0.15) is 239 Å². The first-order chi connectivity index (χ1) is 31.6. The number of carbonyl (C=O) groups is 2. The van der Waals surface area contributed by atoms with Crippen LogP contribution in [0.3, 0.4) is 0 Å². The lowest BCUT2D eigenvalue weighted by atomic mass is 10.1. The SMILES string of the molecule is CC/C=C\C/C=C\C/C=C\C/C=C\CCC(=O)OC(COCCCCCCCC/C=C\CCCCCCCC)COC(=O)CCCCCCCC/C=C\C/C=C\C/C=C\CCCCC. The molecule has 0 rings (SSSR count). The van der Waals surface area contributed by atoms with Crippen LogP contribution < -0.4 is 0 Å². The van der Waals surface area contributed by atoms with Crippen LogP contribution in [0.4, 0.5) is 0 Å². The molecule has 0 heterocycles. The van der Waals surface area contributed by atoms with E-state index in [-0.39, 0.29) is 25.2 Å². The van der Waals surface area contributed by atoms with Crippen LogP contribution in [0.5, 0.6) is 0 Å². The predicted molar refractivity (Wildman–Crippen MR) is 279 cm³/mol. The van der Waals surface area contributed by atoms with E-state index in [0.29, 0.717) is 25.9 Å². The maximum Gasteiger partial charge on any atom is 0.306 e. The molecule has 0 aromatic heterocycles. The molecule has 0 spiro atoms. The summed E-state index contributed by atoms with van der Waals surface area (Å²) in [7, 11) is 0. The Kier molecular flexibility index (Phi) is 51.5. The number of esters is 2. The van der Waals surface area contributed by atoms with Crippen LogP contribution in [-0.4, -0.2) is 37.9 Å². The minimum atomic E-state index is -0.588. The van der Waals surface area contributed by atoms with E-state index >= 15 is 0 Å². The molecule has 0 aromatic carbocycles. The zero-order valence-electron chi connectivity index (χ0n) is 42.0. The lowest BCUT2D eigenvalue weighted by Crippen LogP contribution is -2.30. The lowest BCUT2D eigenvalue weighted by Gasteiger charge is -2.18. The number of carbonyl (C=O) groups excluding carboxylic acids is 2. The summed E-state index contributed by atoms with van der Waals surface area (Å²) in [6.45, 7) is 7.58. The van der Waals surface area contributed by atoms with Gasteiger partial charge in [0, 0.05) is 19.4 Å². The van der Waals surface area contributed by atoms with E-state index in [2.05, 4.69) is 112 Å². The van der Waals surface area contributed by atoms with Crippen LogP contribution in [0, 0.1) is 0 Å². The van der Waals surface area contributed by atoms with Crippen molar-refractivity contribution in [2.45, 2.75) is 245 Å². The average molecular weight is 889 g/mol. The molecule has 5 heteroatoms. The maximum absolute atomic E-state index is 12.8. The van der Waals surface area contributed by atoms with Crippen molar-refractivity contribution in [1.29, 1.82) is 0 Å². The zero-order valence-corrected chi connectivity index (χ0v) is 42.0. The number of rotatable bonds is 48. The van der Waals surface area contributed by atoms with Crippen LogP contribution in [0.25, 0.3) is 0 Å². The van der Waals surface area contributed by atoms with Gasteiger partial charge in [-0.2, -0.15) is 0 Å². The maximum atomic E-state index is 12.8. The van der Waals surface area contributed by atoms with Gasteiger partial charge in [-0.25, -0.2) is 0 Å². The Labute approximate surface area is 396 Å². The molecule has 0 saturated heterocycles. The first-order valence-corrected chi connectivity index (χ1v) is 26.8. The van der Waals surface area contributed by atoms with Gasteiger partial charge in [0.05, 0.1) is 6.61 Å². The standard InChI is InChI=1S/C59H100O5/c1-4-7-10-13-16-19-22-25-27-29-30-31-32-35-37-40-43-46-49-52-58(60)63-56-57(64-59(61)53-50-47-44-41-38-34-24-21-18-15-12-9-6-3)55-62-54-51-48-45-42-39-36-33-28-26-23-20-17-14-11-8-5-2/h9,12,16,18-19,21,25-28,30-31,34,38,44,47,57H,4-8,10-11,13-15,17,20,22-24,29,32-33,35-37,39-43,45-46,48-56H2,1-3H3/b12-9-,19-16-,21-18-,27-25-,28-26-,31-30-,38-34-,47-44-. The highest BCUT2D eigenvalue weighted by Gasteiger charge is 2.17. The molecule has 5 nitrogen and oxygen atoms in total. The topological polar surface area (TPSA) is 61.8 Å². The van der Waals surface area contributed by atoms with Crippen LogP contribution >= 0.6 is 0 Å². The fourth-order valence-corrected chi connectivity index (χ4v) is 7.11. The van der Waals surface area contributed by atoms with Crippen molar-refractivity contribution in [1.82, 2.24) is 0 Å². The molecule has 0 radical (unpaired) electrons. The van der Waals surface area contributed by atoms with Gasteiger partial charge in [-0.1, -0.05) is 214 Å². The Hall–Kier alpha value is -3.18. The molecular formula is C59H100O5. The van der Waals surface area contributed by atoms with Crippen LogP contribution in [0.15, 0.2) is 97.2 Å². The second-order valence-electron chi connectivity index (χ2n) is 17.4. The Bertz CT molecular complexity index is 1230. The Morgan fingerprint density at radius 2 is 0.734 bits per heavy atom. The molecule has 0 saturated carbocycles. The van der Waals surface area contributed by atoms with Gasteiger partial charge in [0.15, 0.2) is 6.10 Å². The molecule has 0 amide bonds. The molecule has 0 aliphatic rings. The van der Waals surface area contributed by atoms with Crippen molar-refractivity contribution in [3.05, 3.63) is 97.2 Å². The van der Waals surface area contributed by atoms with Gasteiger partial charge in [-0.15, -0.1) is 0 Å². The van der Waals surface area contributed by atoms with Gasteiger partial charge >= 0.3 is 11.9 Å². The third-order valence-corrected chi connectivity index (χ3v) is 11.1. The third kappa shape index (κ3) is 51.5. The quantitative estimate of drug-likeness (QED) is 0.0346. The van der Waals surface area contributed by atoms with E-state index in [9.17, 15) is 9.59 Å². The minimum Gasteiger partial charge on any atom is -0.462 e. The molecule has 0 N–H and O–H groups in total. The molecule has 1 atom stereocenters. The number of hydrogen-bond acceptors (Lipinski definition) is 5. The molecular weight excluding hydrogens is 789 g/mol. The van der Waals surface area contributed by atoms with Gasteiger partial charge in [0.1, 0.15) is 6.61 Å².